The van der Waals surface area contributed by atoms with Gasteiger partial charge in [-0.3, -0.25) is 4.79 Å². The van der Waals surface area contributed by atoms with Gasteiger partial charge in [0.2, 0.25) is 0 Å². The molecule has 0 fully saturated rings. The van der Waals surface area contributed by atoms with E-state index in [2.05, 4.69) is 20.6 Å². The second-order valence-corrected chi connectivity index (χ2v) is 5.70. The number of hydrogen-bond acceptors (Lipinski definition) is 4. The molecule has 2 aromatic carbocycles. The Hall–Kier alpha value is -2.63. The molecule has 0 unspecified atom stereocenters. The van der Waals surface area contributed by atoms with Crippen molar-refractivity contribution in [3.8, 4) is 0 Å². The number of carbonyl (C=O) groups excluding carboxylic acids is 1. The maximum atomic E-state index is 12.3. The molecule has 0 atom stereocenters. The van der Waals surface area contributed by atoms with Crippen molar-refractivity contribution in [2.24, 2.45) is 0 Å². The number of para-hydroxylation sites is 1. The zero-order valence-electron chi connectivity index (χ0n) is 12.3. The smallest absolute Gasteiger partial charge is 0.274 e. The highest BCUT2D eigenvalue weighted by atomic mass is 35.5. The number of benzene rings is 2. The average Bonchev–Trinajstić information content (AvgIpc) is 2.59. The van der Waals surface area contributed by atoms with Gasteiger partial charge in [0.05, 0.1) is 10.7 Å². The van der Waals surface area contributed by atoms with Crippen LogP contribution in [-0.4, -0.2) is 15.9 Å². The molecule has 0 saturated heterocycles. The lowest BCUT2D eigenvalue weighted by Crippen LogP contribution is -2.14. The van der Waals surface area contributed by atoms with Gasteiger partial charge in [0, 0.05) is 16.8 Å². The van der Waals surface area contributed by atoms with Gasteiger partial charge in [-0.05, 0) is 36.4 Å². The second-order valence-electron chi connectivity index (χ2n) is 4.85. The summed E-state index contributed by atoms with van der Waals surface area (Å²) >= 11 is 11.9. The number of hydrogen-bond donors (Lipinski definition) is 2. The van der Waals surface area contributed by atoms with E-state index in [0.717, 1.165) is 0 Å². The van der Waals surface area contributed by atoms with Crippen molar-refractivity contribution >= 4 is 46.3 Å². The highest BCUT2D eigenvalue weighted by Crippen LogP contribution is 2.24. The number of rotatable bonds is 4. The molecule has 7 heteroatoms. The fourth-order valence-corrected chi connectivity index (χ4v) is 2.29. The molecule has 1 amide bonds. The molecular weight excluding hydrogens is 347 g/mol. The van der Waals surface area contributed by atoms with Gasteiger partial charge in [0.25, 0.3) is 5.91 Å². The van der Waals surface area contributed by atoms with E-state index in [1.54, 1.807) is 36.4 Å². The van der Waals surface area contributed by atoms with E-state index < -0.39 is 0 Å². The van der Waals surface area contributed by atoms with Gasteiger partial charge in [-0.25, -0.2) is 9.97 Å². The number of halogens is 2. The average molecular weight is 359 g/mol. The largest absolute Gasteiger partial charge is 0.339 e. The van der Waals surface area contributed by atoms with Crippen molar-refractivity contribution in [2.75, 3.05) is 10.6 Å². The van der Waals surface area contributed by atoms with E-state index in [1.165, 1.54) is 6.33 Å². The number of anilines is 3. The predicted octanol–water partition coefficient (Wildman–Crippen LogP) is 4.78. The van der Waals surface area contributed by atoms with E-state index in [0.29, 0.717) is 27.2 Å². The van der Waals surface area contributed by atoms with Gasteiger partial charge < -0.3 is 10.6 Å². The molecule has 0 radical (unpaired) electrons. The lowest BCUT2D eigenvalue weighted by molar-refractivity contribution is 0.102. The van der Waals surface area contributed by atoms with Gasteiger partial charge in [-0.15, -0.1) is 0 Å². The highest BCUT2D eigenvalue weighted by molar-refractivity contribution is 6.33. The highest BCUT2D eigenvalue weighted by Gasteiger charge is 2.10. The van der Waals surface area contributed by atoms with Crippen LogP contribution in [0.5, 0.6) is 0 Å². The van der Waals surface area contributed by atoms with Gasteiger partial charge in [-0.2, -0.15) is 0 Å². The summed E-state index contributed by atoms with van der Waals surface area (Å²) in [6.07, 6.45) is 1.32. The van der Waals surface area contributed by atoms with Crippen molar-refractivity contribution < 1.29 is 4.79 Å². The van der Waals surface area contributed by atoms with Crippen LogP contribution < -0.4 is 10.6 Å². The summed E-state index contributed by atoms with van der Waals surface area (Å²) < 4.78 is 0. The predicted molar refractivity (Wildman–Crippen MR) is 96.2 cm³/mol. The van der Waals surface area contributed by atoms with E-state index in [1.807, 2.05) is 18.2 Å². The first-order valence-corrected chi connectivity index (χ1v) is 7.78. The second kappa shape index (κ2) is 7.29. The summed E-state index contributed by atoms with van der Waals surface area (Å²) in [5.74, 6) is 0.126. The maximum absolute atomic E-state index is 12.3. The molecule has 0 aliphatic heterocycles. The maximum Gasteiger partial charge on any atom is 0.274 e. The molecule has 0 saturated carbocycles. The molecule has 0 aliphatic rings. The number of carbonyl (C=O) groups is 1. The lowest BCUT2D eigenvalue weighted by atomic mass is 10.3. The molecule has 24 heavy (non-hydrogen) atoms. The third kappa shape index (κ3) is 4.01. The van der Waals surface area contributed by atoms with Crippen molar-refractivity contribution in [1.82, 2.24) is 9.97 Å². The SMILES string of the molecule is O=C(Nc1ccc(Cl)cc1)c1cc(Nc2ccccc2Cl)ncn1. The van der Waals surface area contributed by atoms with E-state index in [4.69, 9.17) is 23.2 Å². The topological polar surface area (TPSA) is 66.9 Å². The standard InChI is InChI=1S/C17H12Cl2N4O/c18-11-5-7-12(8-6-11)22-17(24)15-9-16(21-10-20-15)23-14-4-2-1-3-13(14)19/h1-10H,(H,22,24)(H,20,21,23). The third-order valence-corrected chi connectivity index (χ3v) is 3.72. The Morgan fingerprint density at radius 3 is 2.46 bits per heavy atom. The molecule has 0 aliphatic carbocycles. The van der Waals surface area contributed by atoms with Crippen molar-refractivity contribution in [3.05, 3.63) is 76.7 Å². The van der Waals surface area contributed by atoms with Crippen LogP contribution in [-0.2, 0) is 0 Å². The van der Waals surface area contributed by atoms with Gasteiger partial charge >= 0.3 is 0 Å². The van der Waals surface area contributed by atoms with Crippen LogP contribution in [0.2, 0.25) is 10.0 Å². The number of nitrogens with zero attached hydrogens (tertiary/aromatic N) is 2. The zero-order valence-corrected chi connectivity index (χ0v) is 13.8. The number of amides is 1. The van der Waals surface area contributed by atoms with E-state index >= 15 is 0 Å². The molecule has 0 spiro atoms. The molecule has 120 valence electrons. The summed E-state index contributed by atoms with van der Waals surface area (Å²) in [5.41, 5.74) is 1.56. The normalized spacial score (nSPS) is 10.2. The molecule has 2 N–H and O–H groups in total. The minimum Gasteiger partial charge on any atom is -0.339 e. The fourth-order valence-electron chi connectivity index (χ4n) is 1.98. The molecule has 1 heterocycles. The van der Waals surface area contributed by atoms with Crippen LogP contribution in [0.3, 0.4) is 0 Å². The van der Waals surface area contributed by atoms with Crippen LogP contribution in [0, 0.1) is 0 Å². The zero-order chi connectivity index (χ0) is 16.9. The Morgan fingerprint density at radius 2 is 1.71 bits per heavy atom. The van der Waals surface area contributed by atoms with E-state index in [-0.39, 0.29) is 11.6 Å². The minimum absolute atomic E-state index is 0.231. The summed E-state index contributed by atoms with van der Waals surface area (Å²) in [7, 11) is 0. The quantitative estimate of drug-likeness (QED) is 0.704. The Morgan fingerprint density at radius 1 is 0.958 bits per heavy atom. The number of nitrogens with one attached hydrogen (secondary N) is 2. The van der Waals surface area contributed by atoms with Gasteiger partial charge in [0.1, 0.15) is 17.8 Å². The Balaban J connectivity index is 1.76. The van der Waals surface area contributed by atoms with Gasteiger partial charge in [-0.1, -0.05) is 35.3 Å². The van der Waals surface area contributed by atoms with E-state index in [9.17, 15) is 4.79 Å². The monoisotopic (exact) mass is 358 g/mol. The van der Waals surface area contributed by atoms with Crippen LogP contribution in [0.1, 0.15) is 10.5 Å². The first-order chi connectivity index (χ1) is 11.6. The summed E-state index contributed by atoms with van der Waals surface area (Å²) in [5, 5.41) is 6.96. The van der Waals surface area contributed by atoms with Crippen LogP contribution >= 0.6 is 23.2 Å². The molecule has 1 aromatic heterocycles. The molecule has 3 rings (SSSR count). The molecule has 0 bridgehead atoms. The van der Waals surface area contributed by atoms with Crippen molar-refractivity contribution in [1.29, 1.82) is 0 Å². The Kier molecular flexibility index (Phi) is 4.93. The Labute approximate surface area is 148 Å². The minimum atomic E-state index is -0.345. The van der Waals surface area contributed by atoms with Crippen LogP contribution in [0.15, 0.2) is 60.9 Å². The number of aromatic nitrogens is 2. The lowest BCUT2D eigenvalue weighted by Gasteiger charge is -2.09. The first-order valence-electron chi connectivity index (χ1n) is 7.02. The van der Waals surface area contributed by atoms with Crippen LogP contribution in [0.25, 0.3) is 0 Å². The third-order valence-electron chi connectivity index (χ3n) is 3.14. The Bertz CT molecular complexity index is 868. The fraction of sp³-hybridized carbons (Fsp3) is 0. The van der Waals surface area contributed by atoms with Gasteiger partial charge in [0.15, 0.2) is 0 Å². The summed E-state index contributed by atoms with van der Waals surface area (Å²) in [6, 6.07) is 15.6. The molecule has 5 nitrogen and oxygen atoms in total. The van der Waals surface area contributed by atoms with Crippen LogP contribution in [0.4, 0.5) is 17.2 Å². The summed E-state index contributed by atoms with van der Waals surface area (Å²) in [6.45, 7) is 0. The van der Waals surface area contributed by atoms with Crippen molar-refractivity contribution in [2.45, 2.75) is 0 Å². The summed E-state index contributed by atoms with van der Waals surface area (Å²) in [4.78, 5) is 20.4. The first kappa shape index (κ1) is 16.2. The van der Waals surface area contributed by atoms with Crippen molar-refractivity contribution in [3.63, 3.8) is 0 Å². The molecular formula is C17H12Cl2N4O. The molecule has 3 aromatic rings.